The van der Waals surface area contributed by atoms with Crippen molar-refractivity contribution in [3.8, 4) is 11.6 Å². The molecule has 0 fully saturated rings. The highest BCUT2D eigenvalue weighted by atomic mass is 32.2. The van der Waals surface area contributed by atoms with Gasteiger partial charge in [0.15, 0.2) is 0 Å². The van der Waals surface area contributed by atoms with E-state index in [4.69, 9.17) is 0 Å². The second-order valence-electron chi connectivity index (χ2n) is 9.96. The van der Waals surface area contributed by atoms with E-state index in [1.807, 2.05) is 30.3 Å². The Morgan fingerprint density at radius 3 is 1.93 bits per heavy atom. The van der Waals surface area contributed by atoms with Gasteiger partial charge in [0.2, 0.25) is 5.88 Å². The summed E-state index contributed by atoms with van der Waals surface area (Å²) >= 11 is 0. The van der Waals surface area contributed by atoms with Crippen LogP contribution in [0.15, 0.2) is 117 Å². The molecule has 0 aliphatic carbocycles. The highest BCUT2D eigenvalue weighted by Gasteiger charge is 2.29. The number of amides is 1. The van der Waals surface area contributed by atoms with E-state index in [2.05, 4.69) is 15.9 Å². The van der Waals surface area contributed by atoms with Gasteiger partial charge in [0, 0.05) is 5.92 Å². The first-order chi connectivity index (χ1) is 21.2. The summed E-state index contributed by atoms with van der Waals surface area (Å²) < 4.78 is 65.2. The Bertz CT molecular complexity index is 2130. The maximum absolute atomic E-state index is 13.2. The largest absolute Gasteiger partial charge is 0.493 e. The molecule has 1 aliphatic rings. The Morgan fingerprint density at radius 1 is 0.822 bits per heavy atom. The van der Waals surface area contributed by atoms with Crippen LogP contribution in [0.1, 0.15) is 29.7 Å². The lowest BCUT2D eigenvalue weighted by molar-refractivity contribution is -0.114. The van der Waals surface area contributed by atoms with Gasteiger partial charge in [-0.1, -0.05) is 42.5 Å². The third-order valence-corrected chi connectivity index (χ3v) is 8.66. The number of rotatable bonds is 8. The summed E-state index contributed by atoms with van der Waals surface area (Å²) in [6.45, 7) is 3.35. The van der Waals surface area contributed by atoms with Gasteiger partial charge in [-0.15, -0.1) is 5.73 Å². The maximum atomic E-state index is 13.2. The Labute approximate surface area is 259 Å². The summed E-state index contributed by atoms with van der Waals surface area (Å²) in [4.78, 5) is 12.6. The minimum atomic E-state index is -4.39. The number of benzene rings is 3. The van der Waals surface area contributed by atoms with Gasteiger partial charge in [-0.2, -0.15) is 32.0 Å². The molecule has 1 unspecified atom stereocenters. The topological polar surface area (TPSA) is 179 Å². The molecule has 230 valence electrons. The molecule has 0 radical (unpaired) electrons. The fourth-order valence-corrected chi connectivity index (χ4v) is 5.54. The van der Waals surface area contributed by atoms with Crippen molar-refractivity contribution >= 4 is 43.6 Å². The number of allylic oxidation sites excluding steroid dienone is 1. The Morgan fingerprint density at radius 2 is 1.38 bits per heavy atom. The van der Waals surface area contributed by atoms with E-state index in [0.717, 1.165) is 10.6 Å². The van der Waals surface area contributed by atoms with Crippen LogP contribution in [0, 0.1) is 6.92 Å². The highest BCUT2D eigenvalue weighted by molar-refractivity contribution is 7.86. The van der Waals surface area contributed by atoms with Gasteiger partial charge in [-0.25, -0.2) is 4.68 Å². The molecule has 45 heavy (non-hydrogen) atoms. The van der Waals surface area contributed by atoms with Gasteiger partial charge in [0.25, 0.3) is 26.1 Å². The van der Waals surface area contributed by atoms with Crippen molar-refractivity contribution in [1.82, 2.24) is 9.78 Å². The van der Waals surface area contributed by atoms with E-state index in [9.17, 15) is 35.8 Å². The van der Waals surface area contributed by atoms with Gasteiger partial charge in [0.1, 0.15) is 5.57 Å². The first-order valence-electron chi connectivity index (χ1n) is 13.3. The highest BCUT2D eigenvalue weighted by Crippen LogP contribution is 2.29. The standard InChI is InChI=1S/C31H26N4O8S2/c1-20-28(30(36)34(32-20)24-10-14-26(15-11-24)44(38,39)40)18-8-23(22-6-4-3-5-7-22)9-19-29-21(2)33-35(31(29)37)25-12-16-27(17-13-25)45(41,42)43/h3-18,23,36H,1-2H3,(H,38,39,40)(H,41,42,43)/b18-8+. The van der Waals surface area contributed by atoms with Gasteiger partial charge in [-0.05, 0) is 74.0 Å². The zero-order valence-electron chi connectivity index (χ0n) is 23.8. The van der Waals surface area contributed by atoms with Crippen molar-refractivity contribution in [2.45, 2.75) is 29.6 Å². The number of anilines is 1. The molecule has 0 saturated carbocycles. The quantitative estimate of drug-likeness (QED) is 0.139. The molecule has 3 aromatic carbocycles. The summed E-state index contributed by atoms with van der Waals surface area (Å²) in [5.41, 5.74) is 6.08. The van der Waals surface area contributed by atoms with Crippen LogP contribution in [0.25, 0.3) is 11.8 Å². The molecule has 1 atom stereocenters. The average molecular weight is 647 g/mol. The van der Waals surface area contributed by atoms with Crippen molar-refractivity contribution < 1.29 is 35.8 Å². The maximum Gasteiger partial charge on any atom is 0.294 e. The molecule has 1 aliphatic heterocycles. The molecule has 1 amide bonds. The number of nitrogens with zero attached hydrogens (tertiary/aromatic N) is 4. The number of hydrazone groups is 1. The van der Waals surface area contributed by atoms with Gasteiger partial charge in [-0.3, -0.25) is 13.9 Å². The van der Waals surface area contributed by atoms with E-state index >= 15 is 0 Å². The minimum Gasteiger partial charge on any atom is -0.493 e. The van der Waals surface area contributed by atoms with Gasteiger partial charge in [0.05, 0.1) is 38.1 Å². The molecule has 0 saturated heterocycles. The van der Waals surface area contributed by atoms with E-state index in [-0.39, 0.29) is 21.2 Å². The number of aromatic nitrogens is 2. The lowest BCUT2D eigenvalue weighted by atomic mass is 9.97. The monoisotopic (exact) mass is 646 g/mol. The number of aromatic hydroxyl groups is 1. The van der Waals surface area contributed by atoms with Crippen LogP contribution < -0.4 is 5.01 Å². The molecule has 1 aromatic heterocycles. The zero-order chi connectivity index (χ0) is 32.5. The van der Waals surface area contributed by atoms with Crippen LogP contribution in [0.3, 0.4) is 0 Å². The molecular weight excluding hydrogens is 620 g/mol. The molecule has 2 heterocycles. The Kier molecular flexibility index (Phi) is 8.43. The zero-order valence-corrected chi connectivity index (χ0v) is 25.4. The fourth-order valence-electron chi connectivity index (χ4n) is 4.58. The Balaban J connectivity index is 1.46. The second-order valence-corrected chi connectivity index (χ2v) is 12.8. The number of hydrogen-bond acceptors (Lipinski definition) is 8. The van der Waals surface area contributed by atoms with E-state index in [1.54, 1.807) is 32.1 Å². The normalized spacial score (nSPS) is 14.5. The van der Waals surface area contributed by atoms with Crippen molar-refractivity contribution in [3.05, 3.63) is 119 Å². The number of aryl methyl sites for hydroxylation is 1. The lowest BCUT2D eigenvalue weighted by Gasteiger charge is -2.11. The summed E-state index contributed by atoms with van der Waals surface area (Å²) in [7, 11) is -8.77. The second kappa shape index (κ2) is 12.1. The van der Waals surface area contributed by atoms with Crippen molar-refractivity contribution in [3.63, 3.8) is 0 Å². The number of carbonyl (C=O) groups excluding carboxylic acids is 1. The van der Waals surface area contributed by atoms with E-state index in [1.165, 1.54) is 53.2 Å². The lowest BCUT2D eigenvalue weighted by Crippen LogP contribution is -2.21. The molecule has 0 bridgehead atoms. The molecular formula is C31H26N4O8S2. The predicted molar refractivity (Wildman–Crippen MR) is 166 cm³/mol. The van der Waals surface area contributed by atoms with Gasteiger partial charge >= 0.3 is 0 Å². The predicted octanol–water partition coefficient (Wildman–Crippen LogP) is 4.68. The van der Waals surface area contributed by atoms with E-state index in [0.29, 0.717) is 28.3 Å². The van der Waals surface area contributed by atoms with Crippen LogP contribution in [-0.2, 0) is 25.0 Å². The summed E-state index contributed by atoms with van der Waals surface area (Å²) in [6, 6.07) is 19.6. The van der Waals surface area contributed by atoms with Crippen LogP contribution >= 0.6 is 0 Å². The van der Waals surface area contributed by atoms with Crippen LogP contribution in [0.2, 0.25) is 0 Å². The Hall–Kier alpha value is -5.11. The van der Waals surface area contributed by atoms with Crippen LogP contribution in [-0.4, -0.2) is 52.4 Å². The van der Waals surface area contributed by atoms with Crippen molar-refractivity contribution in [2.75, 3.05) is 5.01 Å². The smallest absolute Gasteiger partial charge is 0.294 e. The molecule has 3 N–H and O–H groups in total. The molecule has 12 nitrogen and oxygen atoms in total. The number of carbonyl (C=O) groups is 1. The third-order valence-electron chi connectivity index (χ3n) is 6.92. The summed E-state index contributed by atoms with van der Waals surface area (Å²) in [6.07, 6.45) is 5.17. The summed E-state index contributed by atoms with van der Waals surface area (Å²) in [5, 5.41) is 20.8. The molecule has 0 spiro atoms. The molecule has 14 heteroatoms. The minimum absolute atomic E-state index is 0.192. The first kappa shape index (κ1) is 31.3. The molecule has 5 rings (SSSR count). The van der Waals surface area contributed by atoms with Crippen LogP contribution in [0.5, 0.6) is 5.88 Å². The van der Waals surface area contributed by atoms with Gasteiger partial charge < -0.3 is 5.11 Å². The van der Waals surface area contributed by atoms with Crippen LogP contribution in [0.4, 0.5) is 5.69 Å². The van der Waals surface area contributed by atoms with Crippen molar-refractivity contribution in [2.24, 2.45) is 5.10 Å². The van der Waals surface area contributed by atoms with E-state index < -0.39 is 32.1 Å². The number of hydrogen-bond donors (Lipinski definition) is 3. The summed E-state index contributed by atoms with van der Waals surface area (Å²) in [5.74, 6) is -1.07. The molecule has 4 aromatic rings. The van der Waals surface area contributed by atoms with Crippen molar-refractivity contribution in [1.29, 1.82) is 0 Å². The average Bonchev–Trinajstić information content (AvgIpc) is 3.45. The third kappa shape index (κ3) is 6.70. The SMILES string of the molecule is CC1=NN(c2ccc(S(=O)(=O)O)cc2)C(=O)C1=C=CC(/C=C/c1c(C)nn(-c2ccc(S(=O)(=O)O)cc2)c1O)c1ccccc1. The fraction of sp³-hybridized carbons (Fsp3) is 0.0968. The first-order valence-corrected chi connectivity index (χ1v) is 16.2.